The standard InChI is InChI=1S/C17H17F2NOS/c1-3-20(14-8-9-15(18)16(19)10-14)17(21)13-6-4-12(5-7-13)11-22-2/h4-10H,3,11H2,1-2H3. The number of hydrogen-bond acceptors (Lipinski definition) is 2. The third-order valence-electron chi connectivity index (χ3n) is 3.29. The van der Waals surface area contributed by atoms with E-state index in [-0.39, 0.29) is 5.91 Å². The first-order valence-corrected chi connectivity index (χ1v) is 8.31. The predicted molar refractivity (Wildman–Crippen MR) is 87.4 cm³/mol. The summed E-state index contributed by atoms with van der Waals surface area (Å²) in [6, 6.07) is 10.8. The van der Waals surface area contributed by atoms with Gasteiger partial charge in [0.15, 0.2) is 11.6 Å². The van der Waals surface area contributed by atoms with Crippen LogP contribution in [-0.4, -0.2) is 18.7 Å². The molecule has 2 aromatic carbocycles. The van der Waals surface area contributed by atoms with E-state index in [1.165, 1.54) is 11.0 Å². The van der Waals surface area contributed by atoms with E-state index in [9.17, 15) is 13.6 Å². The Hall–Kier alpha value is -1.88. The van der Waals surface area contributed by atoms with Crippen molar-refractivity contribution in [3.05, 3.63) is 65.2 Å². The average Bonchev–Trinajstić information content (AvgIpc) is 2.52. The first-order valence-electron chi connectivity index (χ1n) is 6.91. The second-order valence-electron chi connectivity index (χ2n) is 4.78. The van der Waals surface area contributed by atoms with Gasteiger partial charge in [0, 0.05) is 29.6 Å². The van der Waals surface area contributed by atoms with Crippen molar-refractivity contribution in [2.24, 2.45) is 0 Å². The summed E-state index contributed by atoms with van der Waals surface area (Å²) in [5, 5.41) is 0. The lowest BCUT2D eigenvalue weighted by Crippen LogP contribution is -2.30. The van der Waals surface area contributed by atoms with Gasteiger partial charge >= 0.3 is 0 Å². The van der Waals surface area contributed by atoms with Gasteiger partial charge < -0.3 is 4.90 Å². The molecule has 0 atom stereocenters. The Morgan fingerprint density at radius 3 is 2.32 bits per heavy atom. The number of rotatable bonds is 5. The fourth-order valence-corrected chi connectivity index (χ4v) is 2.69. The van der Waals surface area contributed by atoms with Crippen molar-refractivity contribution in [1.29, 1.82) is 0 Å². The van der Waals surface area contributed by atoms with E-state index in [4.69, 9.17) is 0 Å². The molecule has 22 heavy (non-hydrogen) atoms. The number of carbonyl (C=O) groups is 1. The highest BCUT2D eigenvalue weighted by atomic mass is 32.2. The first kappa shape index (κ1) is 16.5. The van der Waals surface area contributed by atoms with Crippen LogP contribution in [0.4, 0.5) is 14.5 Å². The summed E-state index contributed by atoms with van der Waals surface area (Å²) in [7, 11) is 0. The zero-order valence-corrected chi connectivity index (χ0v) is 13.3. The van der Waals surface area contributed by atoms with Crippen LogP contribution in [0.25, 0.3) is 0 Å². The summed E-state index contributed by atoms with van der Waals surface area (Å²) in [4.78, 5) is 14.0. The average molecular weight is 321 g/mol. The van der Waals surface area contributed by atoms with Crippen molar-refractivity contribution in [2.45, 2.75) is 12.7 Å². The van der Waals surface area contributed by atoms with Crippen LogP contribution in [0.1, 0.15) is 22.8 Å². The molecule has 0 radical (unpaired) electrons. The quantitative estimate of drug-likeness (QED) is 0.808. The van der Waals surface area contributed by atoms with Crippen molar-refractivity contribution >= 4 is 23.4 Å². The van der Waals surface area contributed by atoms with Crippen molar-refractivity contribution in [3.8, 4) is 0 Å². The minimum Gasteiger partial charge on any atom is -0.309 e. The zero-order valence-electron chi connectivity index (χ0n) is 12.5. The Balaban J connectivity index is 2.26. The number of nitrogens with zero attached hydrogens (tertiary/aromatic N) is 1. The molecule has 0 N–H and O–H groups in total. The normalized spacial score (nSPS) is 10.5. The van der Waals surface area contributed by atoms with Gasteiger partial charge in [-0.05, 0) is 43.0 Å². The number of anilines is 1. The van der Waals surface area contributed by atoms with E-state index >= 15 is 0 Å². The Morgan fingerprint density at radius 2 is 1.77 bits per heavy atom. The molecule has 0 unspecified atom stereocenters. The van der Waals surface area contributed by atoms with E-state index < -0.39 is 11.6 Å². The van der Waals surface area contributed by atoms with Gasteiger partial charge in [0.05, 0.1) is 0 Å². The summed E-state index contributed by atoms with van der Waals surface area (Å²) in [5.74, 6) is -1.23. The van der Waals surface area contributed by atoms with Crippen molar-refractivity contribution in [3.63, 3.8) is 0 Å². The monoisotopic (exact) mass is 321 g/mol. The maximum atomic E-state index is 13.4. The molecule has 0 aliphatic carbocycles. The van der Waals surface area contributed by atoms with E-state index in [1.807, 2.05) is 18.4 Å². The molecule has 0 bridgehead atoms. The van der Waals surface area contributed by atoms with Gasteiger partial charge in [0.2, 0.25) is 0 Å². The molecule has 0 spiro atoms. The number of halogens is 2. The van der Waals surface area contributed by atoms with Crippen LogP contribution in [0.5, 0.6) is 0 Å². The number of benzene rings is 2. The maximum Gasteiger partial charge on any atom is 0.258 e. The molecule has 2 aromatic rings. The highest BCUT2D eigenvalue weighted by molar-refractivity contribution is 7.97. The summed E-state index contributed by atoms with van der Waals surface area (Å²) >= 11 is 1.71. The van der Waals surface area contributed by atoms with Crippen LogP contribution >= 0.6 is 11.8 Å². The second-order valence-corrected chi connectivity index (χ2v) is 5.64. The molecule has 0 aromatic heterocycles. The molecule has 0 saturated heterocycles. The summed E-state index contributed by atoms with van der Waals surface area (Å²) < 4.78 is 26.4. The predicted octanol–water partition coefficient (Wildman–Crippen LogP) is 4.49. The van der Waals surface area contributed by atoms with Crippen LogP contribution in [-0.2, 0) is 5.75 Å². The number of carbonyl (C=O) groups excluding carboxylic acids is 1. The zero-order chi connectivity index (χ0) is 16.1. The third-order valence-corrected chi connectivity index (χ3v) is 3.91. The Morgan fingerprint density at radius 1 is 1.09 bits per heavy atom. The molecular weight excluding hydrogens is 304 g/mol. The topological polar surface area (TPSA) is 20.3 Å². The number of hydrogen-bond donors (Lipinski definition) is 0. The lowest BCUT2D eigenvalue weighted by Gasteiger charge is -2.21. The van der Waals surface area contributed by atoms with Crippen LogP contribution < -0.4 is 4.90 Å². The molecule has 1 amide bonds. The maximum absolute atomic E-state index is 13.4. The SMILES string of the molecule is CCN(C(=O)c1ccc(CSC)cc1)c1ccc(F)c(F)c1. The van der Waals surface area contributed by atoms with E-state index in [2.05, 4.69) is 0 Å². The Labute approximate surface area is 133 Å². The first-order chi connectivity index (χ1) is 10.6. The van der Waals surface area contributed by atoms with Gasteiger partial charge in [-0.1, -0.05) is 12.1 Å². The third kappa shape index (κ3) is 3.65. The molecular formula is C17H17F2NOS. The number of thioether (sulfide) groups is 1. The van der Waals surface area contributed by atoms with Gasteiger partial charge in [0.25, 0.3) is 5.91 Å². The lowest BCUT2D eigenvalue weighted by molar-refractivity contribution is 0.0988. The van der Waals surface area contributed by atoms with Gasteiger partial charge in [-0.3, -0.25) is 4.79 Å². The summed E-state index contributed by atoms with van der Waals surface area (Å²) in [6.45, 7) is 2.16. The molecule has 0 aliphatic heterocycles. The molecule has 0 fully saturated rings. The fourth-order valence-electron chi connectivity index (χ4n) is 2.16. The highest BCUT2D eigenvalue weighted by Gasteiger charge is 2.17. The Bertz CT molecular complexity index is 658. The molecule has 0 heterocycles. The van der Waals surface area contributed by atoms with E-state index in [0.29, 0.717) is 17.8 Å². The van der Waals surface area contributed by atoms with E-state index in [0.717, 1.165) is 23.4 Å². The molecule has 116 valence electrons. The van der Waals surface area contributed by atoms with E-state index in [1.54, 1.807) is 30.8 Å². The highest BCUT2D eigenvalue weighted by Crippen LogP contribution is 2.20. The van der Waals surface area contributed by atoms with Crippen molar-refractivity contribution in [1.82, 2.24) is 0 Å². The molecule has 0 aliphatic rings. The molecule has 2 nitrogen and oxygen atoms in total. The van der Waals surface area contributed by atoms with Gasteiger partial charge in [-0.25, -0.2) is 8.78 Å². The van der Waals surface area contributed by atoms with Crippen LogP contribution in [0.3, 0.4) is 0 Å². The molecule has 2 rings (SSSR count). The second kappa shape index (κ2) is 7.40. The van der Waals surface area contributed by atoms with Crippen LogP contribution in [0.2, 0.25) is 0 Å². The minimum absolute atomic E-state index is 0.232. The molecule has 0 saturated carbocycles. The number of amides is 1. The smallest absolute Gasteiger partial charge is 0.258 e. The van der Waals surface area contributed by atoms with Crippen molar-refractivity contribution < 1.29 is 13.6 Å². The van der Waals surface area contributed by atoms with Gasteiger partial charge in [-0.15, -0.1) is 0 Å². The van der Waals surface area contributed by atoms with Gasteiger partial charge in [0.1, 0.15) is 0 Å². The van der Waals surface area contributed by atoms with Crippen LogP contribution in [0.15, 0.2) is 42.5 Å². The minimum atomic E-state index is -0.959. The van der Waals surface area contributed by atoms with Gasteiger partial charge in [-0.2, -0.15) is 11.8 Å². The largest absolute Gasteiger partial charge is 0.309 e. The van der Waals surface area contributed by atoms with Crippen LogP contribution in [0, 0.1) is 11.6 Å². The fraction of sp³-hybridized carbons (Fsp3) is 0.235. The summed E-state index contributed by atoms with van der Waals surface area (Å²) in [5.41, 5.74) is 2.01. The Kier molecular flexibility index (Phi) is 5.55. The summed E-state index contributed by atoms with van der Waals surface area (Å²) in [6.07, 6.45) is 2.01. The van der Waals surface area contributed by atoms with Crippen molar-refractivity contribution in [2.75, 3.05) is 17.7 Å². The molecule has 5 heteroatoms. The lowest BCUT2D eigenvalue weighted by atomic mass is 10.1.